The van der Waals surface area contributed by atoms with E-state index in [1.54, 1.807) is 0 Å². The molecule has 2 heterocycles. The maximum Gasteiger partial charge on any atom is 0.253 e. The quantitative estimate of drug-likeness (QED) is 0.776. The first-order valence-electron chi connectivity index (χ1n) is 7.35. The summed E-state index contributed by atoms with van der Waals surface area (Å²) in [5, 5.41) is 5.21. The van der Waals surface area contributed by atoms with Gasteiger partial charge in [-0.1, -0.05) is 0 Å². The SMILES string of the molecule is Cl.NC[C@H]1CC[C@@H](C(=O)Nc2cc3c(cc2F)CCC(=O)N3)O1. The van der Waals surface area contributed by atoms with E-state index in [-0.39, 0.29) is 30.1 Å². The Labute approximate surface area is 139 Å². The number of hydrogen-bond donors (Lipinski definition) is 3. The van der Waals surface area contributed by atoms with Crippen LogP contribution in [0, 0.1) is 5.82 Å². The summed E-state index contributed by atoms with van der Waals surface area (Å²) in [7, 11) is 0. The van der Waals surface area contributed by atoms with Gasteiger partial charge < -0.3 is 21.1 Å². The molecule has 1 aromatic carbocycles. The average molecular weight is 344 g/mol. The summed E-state index contributed by atoms with van der Waals surface area (Å²) < 4.78 is 19.6. The molecule has 1 fully saturated rings. The molecular weight excluding hydrogens is 325 g/mol. The topological polar surface area (TPSA) is 93.5 Å². The fourth-order valence-corrected chi connectivity index (χ4v) is 2.78. The summed E-state index contributed by atoms with van der Waals surface area (Å²) >= 11 is 0. The van der Waals surface area contributed by atoms with Crippen LogP contribution in [0.3, 0.4) is 0 Å². The van der Waals surface area contributed by atoms with Crippen LogP contribution >= 0.6 is 12.4 Å². The van der Waals surface area contributed by atoms with Crippen molar-refractivity contribution in [1.82, 2.24) is 0 Å². The molecule has 2 amide bonds. The Morgan fingerprint density at radius 1 is 1.39 bits per heavy atom. The zero-order valence-corrected chi connectivity index (χ0v) is 13.2. The van der Waals surface area contributed by atoms with Crippen molar-refractivity contribution in [3.05, 3.63) is 23.5 Å². The van der Waals surface area contributed by atoms with E-state index in [9.17, 15) is 14.0 Å². The zero-order chi connectivity index (χ0) is 15.7. The Morgan fingerprint density at radius 2 is 2.17 bits per heavy atom. The Bertz CT molecular complexity index is 626. The van der Waals surface area contributed by atoms with Crippen molar-refractivity contribution in [2.75, 3.05) is 17.2 Å². The second-order valence-electron chi connectivity index (χ2n) is 5.59. The summed E-state index contributed by atoms with van der Waals surface area (Å²) in [5.74, 6) is -1.02. The van der Waals surface area contributed by atoms with E-state index in [2.05, 4.69) is 10.6 Å². The molecule has 6 nitrogen and oxygen atoms in total. The minimum Gasteiger partial charge on any atom is -0.364 e. The van der Waals surface area contributed by atoms with Crippen molar-refractivity contribution in [3.8, 4) is 0 Å². The summed E-state index contributed by atoms with van der Waals surface area (Å²) in [5.41, 5.74) is 6.83. The van der Waals surface area contributed by atoms with Crippen LogP contribution in [-0.4, -0.2) is 30.6 Å². The fraction of sp³-hybridized carbons (Fsp3) is 0.467. The Kier molecular flexibility index (Phi) is 5.56. The van der Waals surface area contributed by atoms with Crippen LogP contribution in [-0.2, 0) is 20.7 Å². The lowest BCUT2D eigenvalue weighted by atomic mass is 10.0. The number of anilines is 2. The highest BCUT2D eigenvalue weighted by Crippen LogP contribution is 2.29. The van der Waals surface area contributed by atoms with E-state index < -0.39 is 17.8 Å². The van der Waals surface area contributed by atoms with E-state index >= 15 is 0 Å². The lowest BCUT2D eigenvalue weighted by Gasteiger charge is -2.19. The molecule has 126 valence electrons. The van der Waals surface area contributed by atoms with Gasteiger partial charge in [0, 0.05) is 18.7 Å². The Hall–Kier alpha value is -1.70. The third-order valence-electron chi connectivity index (χ3n) is 4.01. The van der Waals surface area contributed by atoms with Gasteiger partial charge in [0.15, 0.2) is 0 Å². The number of halogens is 2. The molecule has 0 aliphatic carbocycles. The largest absolute Gasteiger partial charge is 0.364 e. The van der Waals surface area contributed by atoms with Gasteiger partial charge in [0.2, 0.25) is 5.91 Å². The zero-order valence-electron chi connectivity index (χ0n) is 12.4. The van der Waals surface area contributed by atoms with Crippen molar-refractivity contribution in [1.29, 1.82) is 0 Å². The number of fused-ring (bicyclic) bond motifs is 1. The van der Waals surface area contributed by atoms with Gasteiger partial charge in [0.1, 0.15) is 11.9 Å². The standard InChI is InChI=1S/C15H18FN3O3.ClH/c16-10-5-8-1-4-14(20)18-11(8)6-12(10)19-15(21)13-3-2-9(7-17)22-13;/h5-6,9,13H,1-4,7,17H2,(H,18,20)(H,19,21);1H/t9-,13+;/m1./s1. The summed E-state index contributed by atoms with van der Waals surface area (Å²) in [6, 6.07) is 2.80. The number of rotatable bonds is 3. The highest BCUT2D eigenvalue weighted by molar-refractivity contribution is 5.97. The first kappa shape index (κ1) is 17.7. The van der Waals surface area contributed by atoms with Crippen LogP contribution in [0.25, 0.3) is 0 Å². The molecule has 1 aromatic rings. The monoisotopic (exact) mass is 343 g/mol. The highest BCUT2D eigenvalue weighted by Gasteiger charge is 2.30. The third kappa shape index (κ3) is 3.80. The van der Waals surface area contributed by atoms with E-state index in [4.69, 9.17) is 10.5 Å². The lowest BCUT2D eigenvalue weighted by Crippen LogP contribution is -2.30. The maximum atomic E-state index is 14.1. The van der Waals surface area contributed by atoms with E-state index in [0.29, 0.717) is 31.5 Å². The van der Waals surface area contributed by atoms with Gasteiger partial charge in [0.05, 0.1) is 11.8 Å². The van der Waals surface area contributed by atoms with Crippen LogP contribution in [0.15, 0.2) is 12.1 Å². The highest BCUT2D eigenvalue weighted by atomic mass is 35.5. The molecule has 3 rings (SSSR count). The first-order chi connectivity index (χ1) is 10.6. The molecule has 1 saturated heterocycles. The molecule has 0 saturated carbocycles. The lowest BCUT2D eigenvalue weighted by molar-refractivity contribution is -0.126. The van der Waals surface area contributed by atoms with E-state index in [0.717, 1.165) is 12.0 Å². The van der Waals surface area contributed by atoms with Crippen LogP contribution in [0.5, 0.6) is 0 Å². The summed E-state index contributed by atoms with van der Waals surface area (Å²) in [6.07, 6.45) is 1.39. The molecule has 0 unspecified atom stereocenters. The van der Waals surface area contributed by atoms with Crippen molar-refractivity contribution in [2.24, 2.45) is 5.73 Å². The minimum absolute atomic E-state index is 0. The third-order valence-corrected chi connectivity index (χ3v) is 4.01. The van der Waals surface area contributed by atoms with Crippen molar-refractivity contribution in [2.45, 2.75) is 37.9 Å². The van der Waals surface area contributed by atoms with Crippen molar-refractivity contribution < 1.29 is 18.7 Å². The number of hydrogen-bond acceptors (Lipinski definition) is 4. The number of carbonyl (C=O) groups is 2. The van der Waals surface area contributed by atoms with Gasteiger partial charge in [0.25, 0.3) is 5.91 Å². The van der Waals surface area contributed by atoms with Crippen molar-refractivity contribution in [3.63, 3.8) is 0 Å². The predicted molar refractivity (Wildman–Crippen MR) is 86.2 cm³/mol. The van der Waals surface area contributed by atoms with Gasteiger partial charge in [-0.05, 0) is 37.0 Å². The van der Waals surface area contributed by atoms with Gasteiger partial charge in [-0.2, -0.15) is 0 Å². The molecule has 2 aliphatic rings. The molecule has 8 heteroatoms. The molecule has 0 bridgehead atoms. The predicted octanol–water partition coefficient (Wildman–Crippen LogP) is 1.58. The molecule has 0 aromatic heterocycles. The number of amides is 2. The number of carbonyl (C=O) groups excluding carboxylic acids is 2. The summed E-state index contributed by atoms with van der Waals surface area (Å²) in [4.78, 5) is 23.5. The van der Waals surface area contributed by atoms with Crippen LogP contribution in [0.1, 0.15) is 24.8 Å². The number of nitrogens with two attached hydrogens (primary N) is 1. The average Bonchev–Trinajstić information content (AvgIpc) is 2.97. The fourth-order valence-electron chi connectivity index (χ4n) is 2.78. The van der Waals surface area contributed by atoms with Crippen LogP contribution in [0.4, 0.5) is 15.8 Å². The molecule has 0 radical (unpaired) electrons. The van der Waals surface area contributed by atoms with Gasteiger partial charge in [-0.3, -0.25) is 9.59 Å². The molecule has 0 spiro atoms. The first-order valence-corrected chi connectivity index (χ1v) is 7.35. The normalized spacial score (nSPS) is 22.8. The van der Waals surface area contributed by atoms with Gasteiger partial charge >= 0.3 is 0 Å². The van der Waals surface area contributed by atoms with E-state index in [1.807, 2.05) is 0 Å². The summed E-state index contributed by atoms with van der Waals surface area (Å²) in [6.45, 7) is 0.364. The maximum absolute atomic E-state index is 14.1. The minimum atomic E-state index is -0.612. The van der Waals surface area contributed by atoms with Gasteiger partial charge in [-0.25, -0.2) is 4.39 Å². The molecular formula is C15H19ClFN3O3. The number of aryl methyl sites for hydroxylation is 1. The second-order valence-corrected chi connectivity index (χ2v) is 5.59. The molecule has 23 heavy (non-hydrogen) atoms. The smallest absolute Gasteiger partial charge is 0.253 e. The molecule has 2 atom stereocenters. The van der Waals surface area contributed by atoms with Crippen molar-refractivity contribution >= 4 is 35.6 Å². The molecule has 4 N–H and O–H groups in total. The second kappa shape index (κ2) is 7.25. The number of benzene rings is 1. The van der Waals surface area contributed by atoms with Gasteiger partial charge in [-0.15, -0.1) is 12.4 Å². The number of nitrogens with one attached hydrogen (secondary N) is 2. The van der Waals surface area contributed by atoms with Crippen LogP contribution < -0.4 is 16.4 Å². The molecule has 2 aliphatic heterocycles. The Morgan fingerprint density at radius 3 is 2.87 bits per heavy atom. The Balaban J connectivity index is 0.00000192. The van der Waals surface area contributed by atoms with E-state index in [1.165, 1.54) is 12.1 Å². The van der Waals surface area contributed by atoms with Crippen LogP contribution in [0.2, 0.25) is 0 Å². The number of ether oxygens (including phenoxy) is 1.